The van der Waals surface area contributed by atoms with E-state index in [0.29, 0.717) is 35.2 Å². The van der Waals surface area contributed by atoms with Crippen molar-refractivity contribution in [3.63, 3.8) is 0 Å². The second-order valence-electron chi connectivity index (χ2n) is 9.07. The number of likely N-dealkylation sites (tertiary alicyclic amines) is 1. The van der Waals surface area contributed by atoms with Crippen LogP contribution < -0.4 is 4.74 Å². The minimum Gasteiger partial charge on any atom is -0.497 e. The predicted molar refractivity (Wildman–Crippen MR) is 145 cm³/mol. The first-order chi connectivity index (χ1) is 17.4. The van der Waals surface area contributed by atoms with Gasteiger partial charge in [0.05, 0.1) is 34.7 Å². The number of aromatic nitrogens is 1. The van der Waals surface area contributed by atoms with Gasteiger partial charge in [-0.2, -0.15) is 0 Å². The van der Waals surface area contributed by atoms with Crippen molar-refractivity contribution in [3.05, 3.63) is 64.3 Å². The standard InChI is InChI=1S/C27H30Cl2N2O4S/c1-35-18-6-7-23-20(15-18)19(9-11-30-23)24(32)8-5-17-10-12-31(16-21(17)27(33)34)13-14-36-25-4-2-3-22(28)26(25)29/h2-4,6-7,9,11,15,17,21,24,32H,5,8,10,12-14,16H2,1H3,(H,33,34)/t17-,21+,24-/m1/s1. The number of nitrogens with zero attached hydrogens (tertiary/aromatic N) is 2. The van der Waals surface area contributed by atoms with Gasteiger partial charge in [-0.3, -0.25) is 9.78 Å². The molecule has 192 valence electrons. The number of ether oxygens (including phenoxy) is 1. The summed E-state index contributed by atoms with van der Waals surface area (Å²) in [6, 6.07) is 13.0. The van der Waals surface area contributed by atoms with Crippen LogP contribution in [0.25, 0.3) is 10.9 Å². The van der Waals surface area contributed by atoms with Gasteiger partial charge < -0.3 is 19.8 Å². The highest BCUT2D eigenvalue weighted by atomic mass is 35.5. The summed E-state index contributed by atoms with van der Waals surface area (Å²) in [5.74, 6) is 0.293. The number of halogens is 2. The largest absolute Gasteiger partial charge is 0.497 e. The molecule has 1 saturated heterocycles. The topological polar surface area (TPSA) is 82.9 Å². The van der Waals surface area contributed by atoms with E-state index >= 15 is 0 Å². The van der Waals surface area contributed by atoms with E-state index in [1.165, 1.54) is 0 Å². The van der Waals surface area contributed by atoms with Crippen LogP contribution in [0.15, 0.2) is 53.6 Å². The van der Waals surface area contributed by atoms with Crippen molar-refractivity contribution in [2.45, 2.75) is 30.3 Å². The summed E-state index contributed by atoms with van der Waals surface area (Å²) < 4.78 is 5.33. The molecule has 2 aromatic carbocycles. The molecule has 0 spiro atoms. The highest BCUT2D eigenvalue weighted by molar-refractivity contribution is 7.99. The number of rotatable bonds is 10. The van der Waals surface area contributed by atoms with Crippen molar-refractivity contribution >= 4 is 51.8 Å². The van der Waals surface area contributed by atoms with Crippen LogP contribution >= 0.6 is 35.0 Å². The SMILES string of the molecule is COc1ccc2nccc([C@H](O)CC[C@@H]3CCN(CCSc4cccc(Cl)c4Cl)C[C@@H]3C(=O)O)c2c1. The van der Waals surface area contributed by atoms with Crippen LogP contribution in [0.4, 0.5) is 0 Å². The van der Waals surface area contributed by atoms with E-state index < -0.39 is 18.0 Å². The number of carboxylic acids is 1. The molecule has 4 rings (SSSR count). The smallest absolute Gasteiger partial charge is 0.308 e. The van der Waals surface area contributed by atoms with E-state index in [1.54, 1.807) is 31.1 Å². The molecule has 1 aliphatic heterocycles. The molecule has 0 radical (unpaired) electrons. The molecule has 0 aliphatic carbocycles. The third-order valence-corrected chi connectivity index (χ3v) is 8.86. The van der Waals surface area contributed by atoms with Gasteiger partial charge >= 0.3 is 5.97 Å². The van der Waals surface area contributed by atoms with E-state index in [-0.39, 0.29) is 5.92 Å². The van der Waals surface area contributed by atoms with E-state index in [1.807, 2.05) is 36.4 Å². The fraction of sp³-hybridized carbons (Fsp3) is 0.407. The summed E-state index contributed by atoms with van der Waals surface area (Å²) in [5, 5.41) is 22.9. The number of carbonyl (C=O) groups is 1. The number of piperidine rings is 1. The van der Waals surface area contributed by atoms with Crippen molar-refractivity contribution in [2.75, 3.05) is 32.5 Å². The minimum atomic E-state index is -0.774. The maximum Gasteiger partial charge on any atom is 0.308 e. The molecular formula is C27H30Cl2N2O4S. The molecule has 1 aromatic heterocycles. The lowest BCUT2D eigenvalue weighted by atomic mass is 9.81. The van der Waals surface area contributed by atoms with Crippen molar-refractivity contribution in [1.82, 2.24) is 9.88 Å². The quantitative estimate of drug-likeness (QED) is 0.292. The predicted octanol–water partition coefficient (Wildman–Crippen LogP) is 6.18. The molecule has 1 aliphatic rings. The van der Waals surface area contributed by atoms with Gasteiger partial charge in [-0.15, -0.1) is 11.8 Å². The highest BCUT2D eigenvalue weighted by Crippen LogP contribution is 2.35. The molecule has 0 saturated carbocycles. The number of aliphatic hydroxyl groups is 1. The van der Waals surface area contributed by atoms with Gasteiger partial charge in [-0.1, -0.05) is 29.3 Å². The van der Waals surface area contributed by atoms with Crippen LogP contribution in [0, 0.1) is 11.8 Å². The third-order valence-electron chi connectivity index (χ3n) is 6.89. The maximum absolute atomic E-state index is 12.1. The lowest BCUT2D eigenvalue weighted by Crippen LogP contribution is -2.44. The van der Waals surface area contributed by atoms with Gasteiger partial charge in [0.2, 0.25) is 0 Å². The van der Waals surface area contributed by atoms with Gasteiger partial charge in [0, 0.05) is 35.3 Å². The molecule has 36 heavy (non-hydrogen) atoms. The molecule has 9 heteroatoms. The number of hydrogen-bond donors (Lipinski definition) is 2. The van der Waals surface area contributed by atoms with Gasteiger partial charge in [0.25, 0.3) is 0 Å². The van der Waals surface area contributed by atoms with Crippen molar-refractivity contribution < 1.29 is 19.7 Å². The summed E-state index contributed by atoms with van der Waals surface area (Å²) in [6.45, 7) is 2.12. The summed E-state index contributed by atoms with van der Waals surface area (Å²) in [5.41, 5.74) is 1.58. The monoisotopic (exact) mass is 548 g/mol. The summed E-state index contributed by atoms with van der Waals surface area (Å²) in [6.07, 6.45) is 2.92. The number of methoxy groups -OCH3 is 1. The van der Waals surface area contributed by atoms with Gasteiger partial charge in [-0.05, 0) is 73.7 Å². The summed E-state index contributed by atoms with van der Waals surface area (Å²) in [7, 11) is 1.61. The highest BCUT2D eigenvalue weighted by Gasteiger charge is 2.34. The lowest BCUT2D eigenvalue weighted by Gasteiger charge is -2.37. The molecule has 0 bridgehead atoms. The fourth-order valence-electron chi connectivity index (χ4n) is 4.87. The third kappa shape index (κ3) is 6.45. The Bertz CT molecular complexity index is 1210. The van der Waals surface area contributed by atoms with E-state index in [2.05, 4.69) is 9.88 Å². The van der Waals surface area contributed by atoms with Crippen LogP contribution in [0.2, 0.25) is 10.0 Å². The Kier molecular flexibility index (Phi) is 9.36. The van der Waals surface area contributed by atoms with Crippen LogP contribution in [-0.4, -0.2) is 58.6 Å². The zero-order chi connectivity index (χ0) is 25.7. The van der Waals surface area contributed by atoms with E-state index in [4.69, 9.17) is 27.9 Å². The maximum atomic E-state index is 12.1. The number of thioether (sulfide) groups is 1. The van der Waals surface area contributed by atoms with Crippen LogP contribution in [0.5, 0.6) is 5.75 Å². The number of fused-ring (bicyclic) bond motifs is 1. The molecule has 6 nitrogen and oxygen atoms in total. The zero-order valence-corrected chi connectivity index (χ0v) is 22.4. The Morgan fingerprint density at radius 2 is 2.11 bits per heavy atom. The number of aliphatic carboxylic acids is 1. The number of carboxylic acid groups (broad SMARTS) is 1. The molecule has 3 aromatic rings. The molecular weight excluding hydrogens is 519 g/mol. The first kappa shape index (κ1) is 27.0. The van der Waals surface area contributed by atoms with Gasteiger partial charge in [0.15, 0.2) is 0 Å². The van der Waals surface area contributed by atoms with Gasteiger partial charge in [-0.25, -0.2) is 0 Å². The summed E-state index contributed by atoms with van der Waals surface area (Å²) >= 11 is 14.0. The number of aliphatic hydroxyl groups excluding tert-OH is 1. The molecule has 2 N–H and O–H groups in total. The number of hydrogen-bond acceptors (Lipinski definition) is 6. The molecule has 3 atom stereocenters. The van der Waals surface area contributed by atoms with E-state index in [9.17, 15) is 15.0 Å². The normalized spacial score (nSPS) is 19.3. The van der Waals surface area contributed by atoms with Crippen LogP contribution in [0.3, 0.4) is 0 Å². The number of benzene rings is 2. The minimum absolute atomic E-state index is 0.0195. The van der Waals surface area contributed by atoms with E-state index in [0.717, 1.165) is 46.6 Å². The average Bonchev–Trinajstić information content (AvgIpc) is 2.89. The average molecular weight is 550 g/mol. The second-order valence-corrected chi connectivity index (χ2v) is 11.0. The first-order valence-corrected chi connectivity index (χ1v) is 13.7. The Labute approximate surface area is 225 Å². The number of pyridine rings is 1. The molecule has 1 fully saturated rings. The van der Waals surface area contributed by atoms with Crippen LogP contribution in [0.1, 0.15) is 30.9 Å². The zero-order valence-electron chi connectivity index (χ0n) is 20.1. The Morgan fingerprint density at radius 3 is 2.89 bits per heavy atom. The van der Waals surface area contributed by atoms with Crippen molar-refractivity contribution in [3.8, 4) is 5.75 Å². The first-order valence-electron chi connectivity index (χ1n) is 12.0. The Hall–Kier alpha value is -2.03. The Balaban J connectivity index is 1.33. The lowest BCUT2D eigenvalue weighted by molar-refractivity contribution is -0.146. The van der Waals surface area contributed by atoms with Gasteiger partial charge in [0.1, 0.15) is 5.75 Å². The summed E-state index contributed by atoms with van der Waals surface area (Å²) in [4.78, 5) is 19.6. The molecule has 0 unspecified atom stereocenters. The van der Waals surface area contributed by atoms with Crippen molar-refractivity contribution in [2.24, 2.45) is 11.8 Å². The second kappa shape index (κ2) is 12.5. The van der Waals surface area contributed by atoms with Crippen molar-refractivity contribution in [1.29, 1.82) is 0 Å². The molecule has 0 amide bonds. The molecule has 2 heterocycles. The fourth-order valence-corrected chi connectivity index (χ4v) is 6.37. The Morgan fingerprint density at radius 1 is 1.28 bits per heavy atom. The van der Waals surface area contributed by atoms with Crippen LogP contribution in [-0.2, 0) is 4.79 Å².